The maximum atomic E-state index is 11.0. The summed E-state index contributed by atoms with van der Waals surface area (Å²) in [6.07, 6.45) is 2.43. The van der Waals surface area contributed by atoms with Crippen LogP contribution in [-0.2, 0) is 0 Å². The largest absolute Gasteiger partial charge is 0.595 e. The standard InChI is InChI=1S/C10H14N6O2S/c11-14-10(19)15-13-7-9(16(17)18)6-12-8-4-2-1-3-5-8/h1-7,13,16-17H,11H2,(H2,14,15,19)/b9-7-,12-6?. The molecule has 1 unspecified atom stereocenters. The summed E-state index contributed by atoms with van der Waals surface area (Å²) in [4.78, 5) is 4.03. The van der Waals surface area contributed by atoms with Gasteiger partial charge in [-0.1, -0.05) is 18.2 Å². The second-order valence-electron chi connectivity index (χ2n) is 3.24. The Labute approximate surface area is 115 Å². The Morgan fingerprint density at radius 1 is 1.42 bits per heavy atom. The van der Waals surface area contributed by atoms with Gasteiger partial charge in [0.15, 0.2) is 10.8 Å². The summed E-state index contributed by atoms with van der Waals surface area (Å²) in [7, 11) is 0. The Morgan fingerprint density at radius 3 is 2.68 bits per heavy atom. The fraction of sp³-hybridized carbons (Fsp3) is 0. The van der Waals surface area contributed by atoms with Crippen LogP contribution in [0.2, 0.25) is 0 Å². The minimum Gasteiger partial charge on any atom is -0.595 e. The van der Waals surface area contributed by atoms with Crippen molar-refractivity contribution in [2.75, 3.05) is 0 Å². The number of hydrazine groups is 2. The van der Waals surface area contributed by atoms with Crippen LogP contribution in [0.4, 0.5) is 5.69 Å². The maximum Gasteiger partial charge on any atom is 0.199 e. The number of hydrogen-bond donors (Lipinski definition) is 6. The number of thiocarbonyl (C=S) groups is 1. The Morgan fingerprint density at radius 2 is 2.11 bits per heavy atom. The van der Waals surface area contributed by atoms with E-state index >= 15 is 0 Å². The summed E-state index contributed by atoms with van der Waals surface area (Å²) in [5.74, 6) is 5.03. The molecule has 8 nitrogen and oxygen atoms in total. The van der Waals surface area contributed by atoms with Crippen LogP contribution < -0.4 is 27.3 Å². The van der Waals surface area contributed by atoms with Crippen molar-refractivity contribution in [3.8, 4) is 0 Å². The summed E-state index contributed by atoms with van der Waals surface area (Å²) in [5.41, 5.74) is 7.73. The van der Waals surface area contributed by atoms with Gasteiger partial charge >= 0.3 is 0 Å². The lowest BCUT2D eigenvalue weighted by molar-refractivity contribution is -1.01. The molecule has 1 atom stereocenters. The zero-order valence-electron chi connectivity index (χ0n) is 9.83. The number of para-hydroxylation sites is 1. The molecule has 1 aromatic carbocycles. The van der Waals surface area contributed by atoms with Crippen LogP contribution in [0.3, 0.4) is 0 Å². The molecule has 0 saturated heterocycles. The van der Waals surface area contributed by atoms with E-state index in [0.29, 0.717) is 5.69 Å². The number of hydroxylamine groups is 2. The number of nitrogens with two attached hydrogens (primary N) is 1. The molecule has 1 rings (SSSR count). The van der Waals surface area contributed by atoms with Gasteiger partial charge in [-0.3, -0.25) is 15.8 Å². The molecule has 7 N–H and O–H groups in total. The van der Waals surface area contributed by atoms with Crippen molar-refractivity contribution in [3.63, 3.8) is 0 Å². The number of rotatable bonds is 5. The lowest BCUT2D eigenvalue weighted by Gasteiger charge is -2.13. The van der Waals surface area contributed by atoms with Gasteiger partial charge in [-0.15, -0.1) is 0 Å². The quantitative estimate of drug-likeness (QED) is 0.174. The van der Waals surface area contributed by atoms with Gasteiger partial charge in [0.25, 0.3) is 0 Å². The first-order chi connectivity index (χ1) is 9.13. The highest BCUT2D eigenvalue weighted by molar-refractivity contribution is 7.80. The van der Waals surface area contributed by atoms with Crippen molar-refractivity contribution in [1.82, 2.24) is 16.3 Å². The molecule has 0 aromatic heterocycles. The van der Waals surface area contributed by atoms with E-state index < -0.39 is 5.23 Å². The third-order valence-corrected chi connectivity index (χ3v) is 2.12. The number of hydrogen-bond acceptors (Lipinski definition) is 6. The Hall–Kier alpha value is -2.04. The van der Waals surface area contributed by atoms with E-state index in [1.165, 1.54) is 12.4 Å². The fourth-order valence-corrected chi connectivity index (χ4v) is 1.09. The first-order valence-corrected chi connectivity index (χ1v) is 5.59. The molecule has 0 aliphatic heterocycles. The van der Waals surface area contributed by atoms with Crippen LogP contribution in [0.25, 0.3) is 0 Å². The van der Waals surface area contributed by atoms with Crippen LogP contribution in [0, 0.1) is 5.21 Å². The molecule has 0 heterocycles. The topological polar surface area (TPSA) is 122 Å². The molecular weight excluding hydrogens is 268 g/mol. The van der Waals surface area contributed by atoms with E-state index in [9.17, 15) is 5.21 Å². The van der Waals surface area contributed by atoms with Crippen molar-refractivity contribution in [3.05, 3.63) is 47.4 Å². The van der Waals surface area contributed by atoms with Gasteiger partial charge in [0.05, 0.1) is 18.1 Å². The molecule has 0 amide bonds. The molecule has 1 aromatic rings. The summed E-state index contributed by atoms with van der Waals surface area (Å²) in [6.45, 7) is 0. The summed E-state index contributed by atoms with van der Waals surface area (Å²) in [5, 5.41) is 18.9. The summed E-state index contributed by atoms with van der Waals surface area (Å²) in [6, 6.07) is 8.98. The van der Waals surface area contributed by atoms with E-state index in [0.717, 1.165) is 0 Å². The van der Waals surface area contributed by atoms with Crippen LogP contribution in [0.1, 0.15) is 0 Å². The second-order valence-corrected chi connectivity index (χ2v) is 3.65. The van der Waals surface area contributed by atoms with Crippen molar-refractivity contribution < 1.29 is 10.4 Å². The molecule has 0 radical (unpaired) electrons. The second kappa shape index (κ2) is 8.13. The summed E-state index contributed by atoms with van der Waals surface area (Å²) >= 11 is 4.69. The highest BCUT2D eigenvalue weighted by Gasteiger charge is 2.01. The molecule has 0 aliphatic carbocycles. The smallest absolute Gasteiger partial charge is 0.199 e. The van der Waals surface area contributed by atoms with Gasteiger partial charge in [0.2, 0.25) is 0 Å². The molecule has 9 heteroatoms. The third-order valence-electron chi connectivity index (χ3n) is 1.90. The number of aliphatic imine (C=N–C) groups is 1. The molecule has 0 bridgehead atoms. The van der Waals surface area contributed by atoms with Crippen molar-refractivity contribution in [2.24, 2.45) is 10.8 Å². The van der Waals surface area contributed by atoms with Crippen molar-refractivity contribution >= 4 is 29.2 Å². The normalized spacial score (nSPS) is 13.1. The van der Waals surface area contributed by atoms with Gasteiger partial charge in [0, 0.05) is 0 Å². The molecule has 19 heavy (non-hydrogen) atoms. The molecule has 0 aliphatic rings. The number of nitrogens with one attached hydrogen (secondary N) is 4. The van der Waals surface area contributed by atoms with Gasteiger partial charge in [-0.2, -0.15) is 5.23 Å². The first kappa shape index (κ1) is 15.0. The van der Waals surface area contributed by atoms with E-state index in [1.807, 2.05) is 18.2 Å². The van der Waals surface area contributed by atoms with Gasteiger partial charge in [0.1, 0.15) is 0 Å². The number of benzene rings is 1. The molecular formula is C10H14N6O2S. The first-order valence-electron chi connectivity index (χ1n) is 5.18. The molecule has 0 spiro atoms. The monoisotopic (exact) mass is 282 g/mol. The Bertz CT molecular complexity index is 462. The van der Waals surface area contributed by atoms with Gasteiger partial charge in [-0.25, -0.2) is 11.0 Å². The Balaban J connectivity index is 2.65. The van der Waals surface area contributed by atoms with Crippen molar-refractivity contribution in [2.45, 2.75) is 0 Å². The summed E-state index contributed by atoms with van der Waals surface area (Å²) < 4.78 is 0. The SMILES string of the molecule is NNC(=S)NN/C=C(/C=Nc1ccccc1)[NH+]([O-])O. The molecule has 0 fully saturated rings. The third kappa shape index (κ3) is 5.90. The maximum absolute atomic E-state index is 11.0. The van der Waals surface area contributed by atoms with Crippen LogP contribution in [-0.4, -0.2) is 16.5 Å². The highest BCUT2D eigenvalue weighted by Crippen LogP contribution is 2.08. The molecule has 0 saturated carbocycles. The average molecular weight is 282 g/mol. The minimum atomic E-state index is -1.12. The van der Waals surface area contributed by atoms with E-state index in [1.54, 1.807) is 12.1 Å². The van der Waals surface area contributed by atoms with E-state index in [-0.39, 0.29) is 10.8 Å². The molecule has 102 valence electrons. The van der Waals surface area contributed by atoms with Gasteiger partial charge < -0.3 is 10.6 Å². The Kier molecular flexibility index (Phi) is 6.43. The van der Waals surface area contributed by atoms with Crippen molar-refractivity contribution in [1.29, 1.82) is 0 Å². The van der Waals surface area contributed by atoms with Crippen LogP contribution in [0.5, 0.6) is 0 Å². The lowest BCUT2D eigenvalue weighted by atomic mass is 10.3. The highest BCUT2D eigenvalue weighted by atomic mass is 32.1. The minimum absolute atomic E-state index is 0.0452. The predicted octanol–water partition coefficient (Wildman–Crippen LogP) is -1.16. The van der Waals surface area contributed by atoms with Crippen LogP contribution >= 0.6 is 12.2 Å². The number of quaternary nitrogens is 1. The zero-order valence-corrected chi connectivity index (χ0v) is 10.6. The predicted molar refractivity (Wildman–Crippen MR) is 75.0 cm³/mol. The van der Waals surface area contributed by atoms with E-state index in [2.05, 4.69) is 21.3 Å². The number of allylic oxidation sites excluding steroid dienone is 1. The average Bonchev–Trinajstić information content (AvgIpc) is 2.43. The fourth-order valence-electron chi connectivity index (χ4n) is 1.03. The van der Waals surface area contributed by atoms with E-state index in [4.69, 9.17) is 23.3 Å². The van der Waals surface area contributed by atoms with Crippen LogP contribution in [0.15, 0.2) is 47.2 Å². The van der Waals surface area contributed by atoms with Gasteiger partial charge in [-0.05, 0) is 24.4 Å². The number of nitrogens with zero attached hydrogens (tertiary/aromatic N) is 1. The lowest BCUT2D eigenvalue weighted by Crippen LogP contribution is -3.03. The zero-order chi connectivity index (χ0) is 14.1.